The normalized spacial score (nSPS) is 10.8. The smallest absolute Gasteiger partial charge is 0.258 e. The van der Waals surface area contributed by atoms with E-state index in [2.05, 4.69) is 41.3 Å². The zero-order valence-corrected chi connectivity index (χ0v) is 12.3. The predicted molar refractivity (Wildman–Crippen MR) is 83.1 cm³/mol. The number of rotatable bonds is 3. The molecule has 0 unspecified atom stereocenters. The molecule has 0 radical (unpaired) electrons. The van der Waals surface area contributed by atoms with Crippen molar-refractivity contribution in [1.82, 2.24) is 10.1 Å². The minimum atomic E-state index is 0.423. The van der Waals surface area contributed by atoms with E-state index in [4.69, 9.17) is 21.9 Å². The fourth-order valence-corrected chi connectivity index (χ4v) is 2.31. The molecule has 1 heterocycles. The molecule has 3 rings (SSSR count). The first-order valence-electron chi connectivity index (χ1n) is 6.55. The van der Waals surface area contributed by atoms with Crippen LogP contribution in [0.15, 0.2) is 47.0 Å². The highest BCUT2D eigenvalue weighted by Crippen LogP contribution is 2.25. The lowest BCUT2D eigenvalue weighted by Crippen LogP contribution is -1.91. The van der Waals surface area contributed by atoms with Crippen LogP contribution in [0.25, 0.3) is 11.5 Å². The van der Waals surface area contributed by atoms with E-state index in [1.807, 2.05) is 0 Å². The van der Waals surface area contributed by atoms with Crippen molar-refractivity contribution in [3.8, 4) is 11.5 Å². The number of aromatic nitrogens is 2. The average Bonchev–Trinajstić information content (AvgIpc) is 2.89. The Labute approximate surface area is 127 Å². The summed E-state index contributed by atoms with van der Waals surface area (Å²) in [6, 6.07) is 13.4. The van der Waals surface area contributed by atoms with E-state index in [-0.39, 0.29) is 0 Å². The molecule has 2 N–H and O–H groups in total. The van der Waals surface area contributed by atoms with Crippen molar-refractivity contribution in [2.75, 3.05) is 5.73 Å². The molecule has 2 aromatic carbocycles. The molecule has 4 nitrogen and oxygen atoms in total. The zero-order valence-electron chi connectivity index (χ0n) is 11.5. The third-order valence-corrected chi connectivity index (χ3v) is 3.34. The van der Waals surface area contributed by atoms with Gasteiger partial charge in [-0.1, -0.05) is 46.6 Å². The summed E-state index contributed by atoms with van der Waals surface area (Å²) in [6.45, 7) is 2.06. The summed E-state index contributed by atoms with van der Waals surface area (Å²) < 4.78 is 5.28. The number of hydrogen-bond donors (Lipinski definition) is 1. The number of anilines is 1. The average molecular weight is 300 g/mol. The number of benzene rings is 2. The van der Waals surface area contributed by atoms with Crippen LogP contribution in [0.4, 0.5) is 5.69 Å². The van der Waals surface area contributed by atoms with E-state index in [1.165, 1.54) is 5.56 Å². The summed E-state index contributed by atoms with van der Waals surface area (Å²) in [6.07, 6.45) is 0.625. The Morgan fingerprint density at radius 1 is 1.14 bits per heavy atom. The molecule has 0 aliphatic rings. The SMILES string of the molecule is Cc1ccc(Cc2noc(-c3cc(N)cc(Cl)c3)n2)cc1. The molecule has 0 aliphatic carbocycles. The third kappa shape index (κ3) is 3.23. The summed E-state index contributed by atoms with van der Waals surface area (Å²) in [4.78, 5) is 4.39. The van der Waals surface area contributed by atoms with Crippen molar-refractivity contribution in [2.45, 2.75) is 13.3 Å². The van der Waals surface area contributed by atoms with E-state index < -0.39 is 0 Å². The Hall–Kier alpha value is -2.33. The lowest BCUT2D eigenvalue weighted by molar-refractivity contribution is 0.424. The summed E-state index contributed by atoms with van der Waals surface area (Å²) in [5.74, 6) is 1.05. The molecule has 106 valence electrons. The number of aryl methyl sites for hydroxylation is 1. The van der Waals surface area contributed by atoms with Crippen LogP contribution >= 0.6 is 11.6 Å². The van der Waals surface area contributed by atoms with Gasteiger partial charge in [0.25, 0.3) is 5.89 Å². The maximum absolute atomic E-state index is 5.98. The highest BCUT2D eigenvalue weighted by atomic mass is 35.5. The summed E-state index contributed by atoms with van der Waals surface area (Å²) in [5, 5.41) is 4.54. The van der Waals surface area contributed by atoms with Gasteiger partial charge in [-0.3, -0.25) is 0 Å². The van der Waals surface area contributed by atoms with Crippen LogP contribution in [0, 0.1) is 6.92 Å². The molecule has 0 fully saturated rings. The van der Waals surface area contributed by atoms with Crippen LogP contribution in [-0.4, -0.2) is 10.1 Å². The van der Waals surface area contributed by atoms with Gasteiger partial charge >= 0.3 is 0 Å². The number of hydrogen-bond acceptors (Lipinski definition) is 4. The van der Waals surface area contributed by atoms with Gasteiger partial charge in [-0.2, -0.15) is 4.98 Å². The molecule has 0 saturated carbocycles. The first-order valence-corrected chi connectivity index (χ1v) is 6.92. The van der Waals surface area contributed by atoms with Gasteiger partial charge in [0, 0.05) is 22.7 Å². The van der Waals surface area contributed by atoms with Gasteiger partial charge < -0.3 is 10.3 Å². The molecule has 3 aromatic rings. The lowest BCUT2D eigenvalue weighted by Gasteiger charge is -1.98. The number of nitrogens with zero attached hydrogens (tertiary/aromatic N) is 2. The highest BCUT2D eigenvalue weighted by Gasteiger charge is 2.10. The van der Waals surface area contributed by atoms with Gasteiger partial charge in [0.1, 0.15) is 0 Å². The summed E-state index contributed by atoms with van der Waals surface area (Å²) in [5.41, 5.74) is 9.42. The van der Waals surface area contributed by atoms with E-state index in [1.54, 1.807) is 18.2 Å². The van der Waals surface area contributed by atoms with Crippen molar-refractivity contribution in [3.63, 3.8) is 0 Å². The predicted octanol–water partition coefficient (Wildman–Crippen LogP) is 3.87. The molecule has 0 amide bonds. The molecule has 0 bridgehead atoms. The van der Waals surface area contributed by atoms with Gasteiger partial charge in [0.05, 0.1) is 0 Å². The Morgan fingerprint density at radius 2 is 1.90 bits per heavy atom. The van der Waals surface area contributed by atoms with Crippen molar-refractivity contribution < 1.29 is 4.52 Å². The minimum Gasteiger partial charge on any atom is -0.399 e. The zero-order chi connectivity index (χ0) is 14.8. The van der Waals surface area contributed by atoms with Crippen molar-refractivity contribution in [3.05, 3.63) is 64.4 Å². The Kier molecular flexibility index (Phi) is 3.62. The molecule has 0 spiro atoms. The van der Waals surface area contributed by atoms with Crippen LogP contribution < -0.4 is 5.73 Å². The standard InChI is InChI=1S/C16H14ClN3O/c1-10-2-4-11(5-3-10)6-15-19-16(21-20-15)12-7-13(17)9-14(18)8-12/h2-5,7-9H,6,18H2,1H3. The quantitative estimate of drug-likeness (QED) is 0.746. The summed E-state index contributed by atoms with van der Waals surface area (Å²) >= 11 is 5.98. The second-order valence-corrected chi connectivity index (χ2v) is 5.39. The third-order valence-electron chi connectivity index (χ3n) is 3.12. The molecule has 0 atom stereocenters. The lowest BCUT2D eigenvalue weighted by atomic mass is 10.1. The Bertz CT molecular complexity index is 745. The molecule has 21 heavy (non-hydrogen) atoms. The Morgan fingerprint density at radius 3 is 2.62 bits per heavy atom. The fourth-order valence-electron chi connectivity index (χ4n) is 2.07. The molecule has 1 aromatic heterocycles. The molecular formula is C16H14ClN3O. The van der Waals surface area contributed by atoms with Crippen LogP contribution in [0.1, 0.15) is 17.0 Å². The van der Waals surface area contributed by atoms with E-state index >= 15 is 0 Å². The number of halogens is 1. The first kappa shape index (κ1) is 13.6. The maximum atomic E-state index is 5.98. The summed E-state index contributed by atoms with van der Waals surface area (Å²) in [7, 11) is 0. The first-order chi connectivity index (χ1) is 10.1. The minimum absolute atomic E-state index is 0.423. The second kappa shape index (κ2) is 5.58. The topological polar surface area (TPSA) is 64.9 Å². The maximum Gasteiger partial charge on any atom is 0.258 e. The van der Waals surface area contributed by atoms with Gasteiger partial charge in [-0.05, 0) is 30.7 Å². The van der Waals surface area contributed by atoms with E-state index in [0.717, 1.165) is 11.1 Å². The van der Waals surface area contributed by atoms with E-state index in [0.29, 0.717) is 28.8 Å². The van der Waals surface area contributed by atoms with Gasteiger partial charge in [0.2, 0.25) is 0 Å². The number of nitrogen functional groups attached to an aromatic ring is 1. The largest absolute Gasteiger partial charge is 0.399 e. The monoisotopic (exact) mass is 299 g/mol. The van der Waals surface area contributed by atoms with Gasteiger partial charge in [0.15, 0.2) is 5.82 Å². The molecule has 5 heteroatoms. The van der Waals surface area contributed by atoms with Crippen LogP contribution in [0.5, 0.6) is 0 Å². The van der Waals surface area contributed by atoms with Gasteiger partial charge in [-0.25, -0.2) is 0 Å². The van der Waals surface area contributed by atoms with Crippen molar-refractivity contribution in [2.24, 2.45) is 0 Å². The van der Waals surface area contributed by atoms with Crippen molar-refractivity contribution in [1.29, 1.82) is 0 Å². The van der Waals surface area contributed by atoms with E-state index in [9.17, 15) is 0 Å². The van der Waals surface area contributed by atoms with Crippen LogP contribution in [0.3, 0.4) is 0 Å². The van der Waals surface area contributed by atoms with Crippen LogP contribution in [0.2, 0.25) is 5.02 Å². The molecule has 0 saturated heterocycles. The highest BCUT2D eigenvalue weighted by molar-refractivity contribution is 6.31. The van der Waals surface area contributed by atoms with Crippen molar-refractivity contribution >= 4 is 17.3 Å². The second-order valence-electron chi connectivity index (χ2n) is 4.95. The fraction of sp³-hybridized carbons (Fsp3) is 0.125. The molecule has 0 aliphatic heterocycles. The molecular weight excluding hydrogens is 286 g/mol. The Balaban J connectivity index is 1.84. The number of nitrogens with two attached hydrogens (primary N) is 1. The van der Waals surface area contributed by atoms with Crippen LogP contribution in [-0.2, 0) is 6.42 Å². The van der Waals surface area contributed by atoms with Gasteiger partial charge in [-0.15, -0.1) is 0 Å².